The van der Waals surface area contributed by atoms with Crippen LogP contribution in [-0.2, 0) is 19.2 Å². The van der Waals surface area contributed by atoms with Crippen LogP contribution < -0.4 is 10.6 Å². The summed E-state index contributed by atoms with van der Waals surface area (Å²) in [6, 6.07) is 0. The molecule has 1 saturated heterocycles. The van der Waals surface area contributed by atoms with Crippen molar-refractivity contribution in [2.45, 2.75) is 12.8 Å². The summed E-state index contributed by atoms with van der Waals surface area (Å²) in [5.74, 6) is -3.16. The molecule has 6 nitrogen and oxygen atoms in total. The van der Waals surface area contributed by atoms with Crippen molar-refractivity contribution in [2.75, 3.05) is 7.05 Å². The van der Waals surface area contributed by atoms with E-state index in [1.54, 1.807) is 0 Å². The van der Waals surface area contributed by atoms with Gasteiger partial charge in [-0.25, -0.2) is 0 Å². The van der Waals surface area contributed by atoms with Gasteiger partial charge in [-0.05, 0) is 6.42 Å². The van der Waals surface area contributed by atoms with Crippen molar-refractivity contribution in [3.63, 3.8) is 0 Å². The summed E-state index contributed by atoms with van der Waals surface area (Å²) in [6.07, 6.45) is 0.845. The Bertz CT molecular complexity index is 313. The van der Waals surface area contributed by atoms with Crippen molar-refractivity contribution in [3.05, 3.63) is 0 Å². The Labute approximate surface area is 86.4 Å². The molecule has 1 fully saturated rings. The van der Waals surface area contributed by atoms with Crippen LogP contribution in [0.3, 0.4) is 0 Å². The number of hydrogen-bond donors (Lipinski definition) is 2. The summed E-state index contributed by atoms with van der Waals surface area (Å²) < 4.78 is 0. The van der Waals surface area contributed by atoms with Crippen LogP contribution in [0.4, 0.5) is 0 Å². The first-order chi connectivity index (χ1) is 7.10. The molecule has 0 spiro atoms. The molecule has 0 radical (unpaired) electrons. The van der Waals surface area contributed by atoms with Crippen LogP contribution in [0.15, 0.2) is 0 Å². The zero-order valence-electron chi connectivity index (χ0n) is 8.28. The van der Waals surface area contributed by atoms with Crippen LogP contribution in [-0.4, -0.2) is 31.1 Å². The van der Waals surface area contributed by atoms with E-state index in [4.69, 9.17) is 0 Å². The van der Waals surface area contributed by atoms with E-state index in [2.05, 4.69) is 10.6 Å². The highest BCUT2D eigenvalue weighted by Gasteiger charge is 2.36. The van der Waals surface area contributed by atoms with Gasteiger partial charge in [0.15, 0.2) is 0 Å². The van der Waals surface area contributed by atoms with Crippen LogP contribution in [0.5, 0.6) is 0 Å². The van der Waals surface area contributed by atoms with Crippen molar-refractivity contribution in [2.24, 2.45) is 11.8 Å². The maximum absolute atomic E-state index is 11.4. The molecule has 6 heteroatoms. The first-order valence-electron chi connectivity index (χ1n) is 4.60. The molecule has 1 rings (SSSR count). The maximum atomic E-state index is 11.4. The second-order valence-corrected chi connectivity index (χ2v) is 3.33. The highest BCUT2D eigenvalue weighted by atomic mass is 16.2. The predicted molar refractivity (Wildman–Crippen MR) is 49.5 cm³/mol. The summed E-state index contributed by atoms with van der Waals surface area (Å²) in [5, 5.41) is 4.42. The van der Waals surface area contributed by atoms with Crippen molar-refractivity contribution in [3.8, 4) is 0 Å². The number of carbonyl (C=O) groups excluding carboxylic acids is 4. The quantitative estimate of drug-likeness (QED) is 0.342. The Balaban J connectivity index is 2.76. The van der Waals surface area contributed by atoms with Crippen molar-refractivity contribution in [1.29, 1.82) is 0 Å². The van der Waals surface area contributed by atoms with Gasteiger partial charge in [0.05, 0.1) is 5.92 Å². The Kier molecular flexibility index (Phi) is 3.54. The van der Waals surface area contributed by atoms with E-state index in [0.717, 1.165) is 0 Å². The molecule has 2 atom stereocenters. The predicted octanol–water partition coefficient (Wildman–Crippen LogP) is -1.40. The number of aldehydes is 1. The number of nitrogens with one attached hydrogen (secondary N) is 2. The molecule has 0 aromatic rings. The molecule has 0 aliphatic carbocycles. The van der Waals surface area contributed by atoms with Crippen LogP contribution >= 0.6 is 0 Å². The number of piperidine rings is 1. The molecular weight excluding hydrogens is 200 g/mol. The Hall–Kier alpha value is -1.72. The second kappa shape index (κ2) is 4.68. The van der Waals surface area contributed by atoms with Gasteiger partial charge in [-0.15, -0.1) is 0 Å². The van der Waals surface area contributed by atoms with Gasteiger partial charge in [-0.2, -0.15) is 0 Å². The lowest BCUT2D eigenvalue weighted by molar-refractivity contribution is -0.144. The Morgan fingerprint density at radius 3 is 2.73 bits per heavy atom. The largest absolute Gasteiger partial charge is 0.359 e. The van der Waals surface area contributed by atoms with E-state index in [9.17, 15) is 19.2 Å². The third-order valence-corrected chi connectivity index (χ3v) is 2.41. The van der Waals surface area contributed by atoms with Gasteiger partial charge in [0.2, 0.25) is 17.7 Å². The highest BCUT2D eigenvalue weighted by Crippen LogP contribution is 2.20. The van der Waals surface area contributed by atoms with Gasteiger partial charge < -0.3 is 10.1 Å². The molecule has 2 N–H and O–H groups in total. The van der Waals surface area contributed by atoms with E-state index < -0.39 is 23.7 Å². The van der Waals surface area contributed by atoms with E-state index in [1.165, 1.54) is 7.05 Å². The van der Waals surface area contributed by atoms with Crippen LogP contribution in [0, 0.1) is 11.8 Å². The van der Waals surface area contributed by atoms with Gasteiger partial charge in [0.1, 0.15) is 12.2 Å². The summed E-state index contributed by atoms with van der Waals surface area (Å²) >= 11 is 0. The summed E-state index contributed by atoms with van der Waals surface area (Å²) in [6.45, 7) is 0. The summed E-state index contributed by atoms with van der Waals surface area (Å²) in [7, 11) is 1.39. The van der Waals surface area contributed by atoms with E-state index in [-0.39, 0.29) is 18.7 Å². The molecule has 0 bridgehead atoms. The first-order valence-corrected chi connectivity index (χ1v) is 4.60. The monoisotopic (exact) mass is 212 g/mol. The van der Waals surface area contributed by atoms with E-state index in [1.807, 2.05) is 0 Å². The lowest BCUT2D eigenvalue weighted by Gasteiger charge is -2.24. The Morgan fingerprint density at radius 1 is 1.60 bits per heavy atom. The zero-order valence-corrected chi connectivity index (χ0v) is 8.28. The zero-order chi connectivity index (χ0) is 11.4. The number of carbonyl (C=O) groups is 4. The molecule has 0 aromatic heterocycles. The van der Waals surface area contributed by atoms with Crippen LogP contribution in [0.25, 0.3) is 0 Å². The summed E-state index contributed by atoms with van der Waals surface area (Å²) in [5.41, 5.74) is 0. The molecule has 2 unspecified atom stereocenters. The minimum absolute atomic E-state index is 0.164. The minimum Gasteiger partial charge on any atom is -0.359 e. The smallest absolute Gasteiger partial charge is 0.230 e. The average Bonchev–Trinajstić information content (AvgIpc) is 2.21. The average molecular weight is 212 g/mol. The second-order valence-electron chi connectivity index (χ2n) is 3.33. The van der Waals surface area contributed by atoms with Crippen molar-refractivity contribution in [1.82, 2.24) is 10.6 Å². The fraction of sp³-hybridized carbons (Fsp3) is 0.556. The molecule has 3 amide bonds. The molecular formula is C9H12N2O4. The fourth-order valence-corrected chi connectivity index (χ4v) is 1.56. The molecule has 1 aliphatic rings. The van der Waals surface area contributed by atoms with Gasteiger partial charge in [-0.3, -0.25) is 19.7 Å². The fourth-order valence-electron chi connectivity index (χ4n) is 1.56. The third-order valence-electron chi connectivity index (χ3n) is 2.41. The maximum Gasteiger partial charge on any atom is 0.230 e. The standard InChI is InChI=1S/C9H12N2O4/c1-10-8(14)6(4-12)5-2-3-7(13)11-9(5)15/h4-6H,2-3H2,1H3,(H,10,14)(H,11,13,15). The van der Waals surface area contributed by atoms with Crippen LogP contribution in [0.1, 0.15) is 12.8 Å². The van der Waals surface area contributed by atoms with Gasteiger partial charge >= 0.3 is 0 Å². The van der Waals surface area contributed by atoms with E-state index >= 15 is 0 Å². The molecule has 0 aromatic carbocycles. The molecule has 82 valence electrons. The third kappa shape index (κ3) is 2.39. The number of rotatable bonds is 3. The van der Waals surface area contributed by atoms with Gasteiger partial charge in [0, 0.05) is 13.5 Å². The van der Waals surface area contributed by atoms with Crippen molar-refractivity contribution >= 4 is 24.0 Å². The van der Waals surface area contributed by atoms with Crippen molar-refractivity contribution < 1.29 is 19.2 Å². The lowest BCUT2D eigenvalue weighted by Crippen LogP contribution is -2.47. The topological polar surface area (TPSA) is 92.3 Å². The van der Waals surface area contributed by atoms with Crippen LogP contribution in [0.2, 0.25) is 0 Å². The number of amides is 3. The molecule has 1 heterocycles. The first kappa shape index (κ1) is 11.4. The minimum atomic E-state index is -1.01. The molecule has 0 saturated carbocycles. The summed E-state index contributed by atoms with van der Waals surface area (Å²) in [4.78, 5) is 44.2. The highest BCUT2D eigenvalue weighted by molar-refractivity contribution is 6.03. The van der Waals surface area contributed by atoms with Gasteiger partial charge in [0.25, 0.3) is 0 Å². The van der Waals surface area contributed by atoms with E-state index in [0.29, 0.717) is 6.29 Å². The lowest BCUT2D eigenvalue weighted by atomic mass is 9.85. The number of hydrogen-bond acceptors (Lipinski definition) is 4. The molecule has 1 aliphatic heterocycles. The SMILES string of the molecule is CNC(=O)C(C=O)C1CCC(=O)NC1=O. The molecule has 15 heavy (non-hydrogen) atoms. The Morgan fingerprint density at radius 2 is 2.27 bits per heavy atom. The number of imide groups is 1. The van der Waals surface area contributed by atoms with Gasteiger partial charge in [-0.1, -0.05) is 0 Å². The normalized spacial score (nSPS) is 22.9.